The molecule has 0 amide bonds. The minimum Gasteiger partial charge on any atom is -0.308 e. The lowest BCUT2D eigenvalue weighted by Crippen LogP contribution is -2.70. The van der Waals surface area contributed by atoms with Gasteiger partial charge in [-0.3, -0.25) is 4.90 Å². The van der Waals surface area contributed by atoms with E-state index in [2.05, 4.69) is 31.0 Å². The molecule has 0 bridgehead atoms. The van der Waals surface area contributed by atoms with Gasteiger partial charge in [0.15, 0.2) is 0 Å². The first-order chi connectivity index (χ1) is 9.12. The predicted octanol–water partition coefficient (Wildman–Crippen LogP) is 3.42. The minimum absolute atomic E-state index is 0.387. The summed E-state index contributed by atoms with van der Waals surface area (Å²) in [5, 5.41) is 3.94. The van der Waals surface area contributed by atoms with Gasteiger partial charge in [0.2, 0.25) is 0 Å². The average molecular weight is 264 g/mol. The lowest BCUT2D eigenvalue weighted by atomic mass is 9.78. The smallest absolute Gasteiger partial charge is 0.0335 e. The average Bonchev–Trinajstić information content (AvgIpc) is 3.21. The third-order valence-corrected chi connectivity index (χ3v) is 6.55. The molecule has 2 heteroatoms. The van der Waals surface area contributed by atoms with E-state index in [0.29, 0.717) is 11.1 Å². The van der Waals surface area contributed by atoms with Crippen molar-refractivity contribution in [3.63, 3.8) is 0 Å². The van der Waals surface area contributed by atoms with Crippen LogP contribution >= 0.6 is 0 Å². The maximum absolute atomic E-state index is 3.94. The SMILES string of the molecule is CCC1(CC)CN(CC2CCC2)C(C)(C2CC2)CN1. The fourth-order valence-corrected chi connectivity index (χ4v) is 4.17. The maximum atomic E-state index is 3.94. The molecule has 110 valence electrons. The highest BCUT2D eigenvalue weighted by atomic mass is 15.3. The summed E-state index contributed by atoms with van der Waals surface area (Å²) in [4.78, 5) is 2.90. The lowest BCUT2D eigenvalue weighted by Gasteiger charge is -2.55. The molecule has 1 unspecified atom stereocenters. The Morgan fingerprint density at radius 2 is 1.79 bits per heavy atom. The van der Waals surface area contributed by atoms with Gasteiger partial charge in [-0.15, -0.1) is 0 Å². The lowest BCUT2D eigenvalue weighted by molar-refractivity contribution is -0.0204. The van der Waals surface area contributed by atoms with Gasteiger partial charge in [0, 0.05) is 30.7 Å². The second-order valence-corrected chi connectivity index (χ2v) is 7.65. The summed E-state index contributed by atoms with van der Waals surface area (Å²) < 4.78 is 0. The van der Waals surface area contributed by atoms with Crippen LogP contribution in [0.25, 0.3) is 0 Å². The molecule has 0 radical (unpaired) electrons. The van der Waals surface area contributed by atoms with E-state index in [4.69, 9.17) is 0 Å². The second-order valence-electron chi connectivity index (χ2n) is 7.65. The summed E-state index contributed by atoms with van der Waals surface area (Å²) in [6.07, 6.45) is 9.90. The van der Waals surface area contributed by atoms with Gasteiger partial charge < -0.3 is 5.32 Å². The Morgan fingerprint density at radius 1 is 1.11 bits per heavy atom. The van der Waals surface area contributed by atoms with Crippen LogP contribution in [0, 0.1) is 11.8 Å². The Kier molecular flexibility index (Phi) is 3.68. The molecular formula is C17H32N2. The van der Waals surface area contributed by atoms with Crippen molar-refractivity contribution in [1.29, 1.82) is 0 Å². The molecule has 1 aliphatic heterocycles. The Balaban J connectivity index is 1.74. The number of nitrogens with zero attached hydrogens (tertiary/aromatic N) is 1. The Morgan fingerprint density at radius 3 is 2.26 bits per heavy atom. The molecule has 2 saturated carbocycles. The van der Waals surface area contributed by atoms with E-state index < -0.39 is 0 Å². The van der Waals surface area contributed by atoms with Gasteiger partial charge in [0.05, 0.1) is 0 Å². The van der Waals surface area contributed by atoms with Crippen molar-refractivity contribution < 1.29 is 0 Å². The van der Waals surface area contributed by atoms with Gasteiger partial charge in [-0.1, -0.05) is 20.3 Å². The first kappa shape index (κ1) is 13.9. The number of piperazine rings is 1. The zero-order chi connectivity index (χ0) is 13.5. The molecular weight excluding hydrogens is 232 g/mol. The van der Waals surface area contributed by atoms with Gasteiger partial charge in [-0.05, 0) is 57.3 Å². The molecule has 0 aromatic heterocycles. The first-order valence-electron chi connectivity index (χ1n) is 8.62. The van der Waals surface area contributed by atoms with Gasteiger partial charge >= 0.3 is 0 Å². The van der Waals surface area contributed by atoms with E-state index in [1.165, 1.54) is 64.6 Å². The fraction of sp³-hybridized carbons (Fsp3) is 1.00. The van der Waals surface area contributed by atoms with Crippen LogP contribution in [0.1, 0.15) is 65.7 Å². The normalized spacial score (nSPS) is 36.2. The van der Waals surface area contributed by atoms with Crippen LogP contribution in [0.3, 0.4) is 0 Å². The van der Waals surface area contributed by atoms with Crippen LogP contribution in [-0.2, 0) is 0 Å². The van der Waals surface area contributed by atoms with Crippen molar-refractivity contribution in [3.8, 4) is 0 Å². The summed E-state index contributed by atoms with van der Waals surface area (Å²) in [6, 6.07) is 0. The molecule has 1 heterocycles. The van der Waals surface area contributed by atoms with E-state index in [1.54, 1.807) is 0 Å². The van der Waals surface area contributed by atoms with Crippen molar-refractivity contribution in [2.45, 2.75) is 76.8 Å². The second kappa shape index (κ2) is 5.04. The quantitative estimate of drug-likeness (QED) is 0.818. The molecule has 19 heavy (non-hydrogen) atoms. The monoisotopic (exact) mass is 264 g/mol. The first-order valence-corrected chi connectivity index (χ1v) is 8.62. The Labute approximate surface area is 119 Å². The molecule has 3 fully saturated rings. The van der Waals surface area contributed by atoms with Crippen molar-refractivity contribution in [1.82, 2.24) is 10.2 Å². The van der Waals surface area contributed by atoms with Crippen molar-refractivity contribution in [3.05, 3.63) is 0 Å². The standard InChI is InChI=1S/C17H32N2/c1-4-17(5-2)13-19(11-14-7-6-8-14)16(3,12-18-17)15-9-10-15/h14-15,18H,4-13H2,1-3H3. The number of hydrogen-bond donors (Lipinski definition) is 1. The number of hydrogen-bond acceptors (Lipinski definition) is 2. The highest BCUT2D eigenvalue weighted by molar-refractivity contribution is 5.09. The van der Waals surface area contributed by atoms with Gasteiger partial charge in [-0.25, -0.2) is 0 Å². The summed E-state index contributed by atoms with van der Waals surface area (Å²) in [6.45, 7) is 11.1. The van der Waals surface area contributed by atoms with E-state index in [0.717, 1.165) is 11.8 Å². The van der Waals surface area contributed by atoms with E-state index >= 15 is 0 Å². The van der Waals surface area contributed by atoms with E-state index in [9.17, 15) is 0 Å². The Hall–Kier alpha value is -0.0800. The Bertz CT molecular complexity index is 315. The molecule has 2 aliphatic carbocycles. The zero-order valence-electron chi connectivity index (χ0n) is 13.2. The maximum Gasteiger partial charge on any atom is 0.0335 e. The third-order valence-electron chi connectivity index (χ3n) is 6.55. The molecule has 1 atom stereocenters. The summed E-state index contributed by atoms with van der Waals surface area (Å²) in [5.41, 5.74) is 0.835. The predicted molar refractivity (Wildman–Crippen MR) is 81.4 cm³/mol. The summed E-state index contributed by atoms with van der Waals surface area (Å²) >= 11 is 0. The van der Waals surface area contributed by atoms with Crippen LogP contribution in [0.5, 0.6) is 0 Å². The molecule has 0 spiro atoms. The molecule has 2 nitrogen and oxygen atoms in total. The van der Waals surface area contributed by atoms with Crippen LogP contribution < -0.4 is 5.32 Å². The number of rotatable bonds is 5. The minimum atomic E-state index is 0.387. The van der Waals surface area contributed by atoms with Gasteiger partial charge in [0.25, 0.3) is 0 Å². The molecule has 3 rings (SSSR count). The van der Waals surface area contributed by atoms with Crippen LogP contribution in [0.2, 0.25) is 0 Å². The van der Waals surface area contributed by atoms with E-state index in [-0.39, 0.29) is 0 Å². The largest absolute Gasteiger partial charge is 0.308 e. The molecule has 0 aromatic rings. The third kappa shape index (κ3) is 2.47. The molecule has 1 N–H and O–H groups in total. The van der Waals surface area contributed by atoms with Crippen molar-refractivity contribution in [2.24, 2.45) is 11.8 Å². The van der Waals surface area contributed by atoms with Gasteiger partial charge in [-0.2, -0.15) is 0 Å². The fourth-order valence-electron chi connectivity index (χ4n) is 4.17. The summed E-state index contributed by atoms with van der Waals surface area (Å²) in [7, 11) is 0. The summed E-state index contributed by atoms with van der Waals surface area (Å²) in [5.74, 6) is 1.97. The highest BCUT2D eigenvalue weighted by Crippen LogP contribution is 2.46. The highest BCUT2D eigenvalue weighted by Gasteiger charge is 2.51. The van der Waals surface area contributed by atoms with Gasteiger partial charge in [0.1, 0.15) is 0 Å². The van der Waals surface area contributed by atoms with Crippen LogP contribution in [0.4, 0.5) is 0 Å². The molecule has 0 aromatic carbocycles. The molecule has 3 aliphatic rings. The van der Waals surface area contributed by atoms with Crippen LogP contribution in [0.15, 0.2) is 0 Å². The van der Waals surface area contributed by atoms with E-state index in [1.807, 2.05) is 0 Å². The van der Waals surface area contributed by atoms with Crippen molar-refractivity contribution >= 4 is 0 Å². The number of nitrogens with one attached hydrogen (secondary N) is 1. The van der Waals surface area contributed by atoms with Crippen LogP contribution in [-0.4, -0.2) is 35.6 Å². The zero-order valence-corrected chi connectivity index (χ0v) is 13.2. The molecule has 1 saturated heterocycles. The van der Waals surface area contributed by atoms with Crippen molar-refractivity contribution in [2.75, 3.05) is 19.6 Å². The topological polar surface area (TPSA) is 15.3 Å².